The lowest BCUT2D eigenvalue weighted by Crippen LogP contribution is -2.11. The van der Waals surface area contributed by atoms with E-state index in [4.69, 9.17) is 0 Å². The summed E-state index contributed by atoms with van der Waals surface area (Å²) in [6, 6.07) is 0. The fourth-order valence-electron chi connectivity index (χ4n) is 3.76. The Kier molecular flexibility index (Phi) is 3.88. The van der Waals surface area contributed by atoms with E-state index in [2.05, 4.69) is 13.8 Å². The molecule has 0 nitrogen and oxygen atoms in total. The van der Waals surface area contributed by atoms with Crippen LogP contribution in [0.25, 0.3) is 0 Å². The van der Waals surface area contributed by atoms with E-state index >= 15 is 0 Å². The van der Waals surface area contributed by atoms with Crippen LogP contribution >= 0.6 is 0 Å². The molecule has 2 saturated carbocycles. The maximum absolute atomic E-state index is 2.50. The van der Waals surface area contributed by atoms with Crippen LogP contribution in [0, 0.1) is 11.8 Å². The van der Waals surface area contributed by atoms with Crippen molar-refractivity contribution in [3.63, 3.8) is 0 Å². The van der Waals surface area contributed by atoms with Gasteiger partial charge in [0, 0.05) is 0 Å². The van der Waals surface area contributed by atoms with E-state index in [9.17, 15) is 0 Å². The third-order valence-corrected chi connectivity index (χ3v) is 4.70. The van der Waals surface area contributed by atoms with Crippen molar-refractivity contribution in [3.05, 3.63) is 11.1 Å². The highest BCUT2D eigenvalue weighted by molar-refractivity contribution is 5.19. The minimum Gasteiger partial charge on any atom is -0.0707 e. The number of allylic oxidation sites excluding steroid dienone is 2. The van der Waals surface area contributed by atoms with Gasteiger partial charge in [-0.25, -0.2) is 0 Å². The SMILES string of the molecule is CCC(=C1CCCC1)[C@@H](C)C1CCCC1. The number of hydrogen-bond donors (Lipinski definition) is 0. The first-order valence-electron chi connectivity index (χ1n) is 7.03. The van der Waals surface area contributed by atoms with Crippen LogP contribution in [-0.2, 0) is 0 Å². The molecule has 0 aromatic carbocycles. The van der Waals surface area contributed by atoms with E-state index in [0.29, 0.717) is 0 Å². The molecule has 0 heterocycles. The molecule has 0 heteroatoms. The third-order valence-electron chi connectivity index (χ3n) is 4.70. The van der Waals surface area contributed by atoms with Crippen molar-refractivity contribution in [1.29, 1.82) is 0 Å². The Balaban J connectivity index is 2.07. The molecular formula is C15H26. The molecule has 0 radical (unpaired) electrons. The predicted molar refractivity (Wildman–Crippen MR) is 66.9 cm³/mol. The van der Waals surface area contributed by atoms with E-state index in [1.165, 1.54) is 57.8 Å². The fourth-order valence-corrected chi connectivity index (χ4v) is 3.76. The van der Waals surface area contributed by atoms with Crippen molar-refractivity contribution in [2.24, 2.45) is 11.8 Å². The van der Waals surface area contributed by atoms with E-state index in [1.54, 1.807) is 0 Å². The molecule has 0 saturated heterocycles. The zero-order valence-electron chi connectivity index (χ0n) is 10.5. The molecule has 0 N–H and O–H groups in total. The van der Waals surface area contributed by atoms with Gasteiger partial charge >= 0.3 is 0 Å². The summed E-state index contributed by atoms with van der Waals surface area (Å²) < 4.78 is 0. The second kappa shape index (κ2) is 5.18. The van der Waals surface area contributed by atoms with E-state index in [-0.39, 0.29) is 0 Å². The summed E-state index contributed by atoms with van der Waals surface area (Å²) in [6.45, 7) is 4.87. The Morgan fingerprint density at radius 2 is 1.73 bits per heavy atom. The van der Waals surface area contributed by atoms with Gasteiger partial charge in [-0.15, -0.1) is 0 Å². The summed E-state index contributed by atoms with van der Waals surface area (Å²) in [5.41, 5.74) is 3.69. The third kappa shape index (κ3) is 2.46. The minimum atomic E-state index is 0.894. The molecule has 2 aliphatic rings. The highest BCUT2D eigenvalue weighted by Gasteiger charge is 2.25. The fraction of sp³-hybridized carbons (Fsp3) is 0.867. The Hall–Kier alpha value is -0.260. The van der Waals surface area contributed by atoms with Crippen LogP contribution in [0.15, 0.2) is 11.1 Å². The van der Waals surface area contributed by atoms with Gasteiger partial charge in [-0.2, -0.15) is 0 Å². The summed E-state index contributed by atoms with van der Waals surface area (Å²) in [5, 5.41) is 0. The topological polar surface area (TPSA) is 0 Å². The maximum Gasteiger partial charge on any atom is -0.0201 e. The van der Waals surface area contributed by atoms with Crippen LogP contribution in [-0.4, -0.2) is 0 Å². The predicted octanol–water partition coefficient (Wildman–Crippen LogP) is 5.09. The molecule has 0 spiro atoms. The second-order valence-electron chi connectivity index (χ2n) is 5.52. The number of hydrogen-bond acceptors (Lipinski definition) is 0. The lowest BCUT2D eigenvalue weighted by molar-refractivity contribution is 0.405. The minimum absolute atomic E-state index is 0.894. The van der Waals surface area contributed by atoms with Gasteiger partial charge in [0.2, 0.25) is 0 Å². The molecule has 15 heavy (non-hydrogen) atoms. The van der Waals surface area contributed by atoms with Crippen LogP contribution in [0.2, 0.25) is 0 Å². The molecule has 0 aromatic heterocycles. The maximum atomic E-state index is 2.50. The largest absolute Gasteiger partial charge is 0.0707 e. The van der Waals surface area contributed by atoms with E-state index in [0.717, 1.165) is 11.8 Å². The quantitative estimate of drug-likeness (QED) is 0.564. The second-order valence-corrected chi connectivity index (χ2v) is 5.52. The molecule has 0 aromatic rings. The Bertz CT molecular complexity index is 222. The molecule has 86 valence electrons. The van der Waals surface area contributed by atoms with Crippen LogP contribution < -0.4 is 0 Å². The number of rotatable bonds is 3. The molecule has 0 aliphatic heterocycles. The highest BCUT2D eigenvalue weighted by Crippen LogP contribution is 2.40. The summed E-state index contributed by atoms with van der Waals surface area (Å²) in [6.07, 6.45) is 13.0. The van der Waals surface area contributed by atoms with Crippen molar-refractivity contribution < 1.29 is 0 Å². The van der Waals surface area contributed by atoms with Crippen LogP contribution in [0.3, 0.4) is 0 Å². The Labute approximate surface area is 95.1 Å². The zero-order valence-corrected chi connectivity index (χ0v) is 10.5. The van der Waals surface area contributed by atoms with Gasteiger partial charge in [-0.1, -0.05) is 37.8 Å². The highest BCUT2D eigenvalue weighted by atomic mass is 14.3. The van der Waals surface area contributed by atoms with Crippen molar-refractivity contribution in [3.8, 4) is 0 Å². The monoisotopic (exact) mass is 206 g/mol. The lowest BCUT2D eigenvalue weighted by Gasteiger charge is -2.24. The Morgan fingerprint density at radius 1 is 1.13 bits per heavy atom. The zero-order chi connectivity index (χ0) is 10.7. The van der Waals surface area contributed by atoms with Crippen LogP contribution in [0.5, 0.6) is 0 Å². The summed E-state index contributed by atoms with van der Waals surface area (Å²) >= 11 is 0. The summed E-state index contributed by atoms with van der Waals surface area (Å²) in [5.74, 6) is 1.92. The van der Waals surface area contributed by atoms with Crippen molar-refractivity contribution >= 4 is 0 Å². The first-order valence-corrected chi connectivity index (χ1v) is 7.03. The molecule has 0 amide bonds. The average Bonchev–Trinajstić information content (AvgIpc) is 2.91. The standard InChI is InChI=1S/C15H26/c1-3-15(14-10-6-7-11-14)12(2)13-8-4-5-9-13/h12-13H,3-11H2,1-2H3/t12-/m0/s1. The lowest BCUT2D eigenvalue weighted by atomic mass is 9.82. The van der Waals surface area contributed by atoms with Crippen molar-refractivity contribution in [2.45, 2.75) is 71.6 Å². The van der Waals surface area contributed by atoms with Gasteiger partial charge in [0.1, 0.15) is 0 Å². The van der Waals surface area contributed by atoms with Gasteiger partial charge in [0.25, 0.3) is 0 Å². The molecule has 0 unspecified atom stereocenters. The normalized spacial score (nSPS) is 24.8. The molecule has 0 bridgehead atoms. The molecule has 2 aliphatic carbocycles. The molecule has 1 atom stereocenters. The first kappa shape index (κ1) is 11.2. The summed E-state index contributed by atoms with van der Waals surface area (Å²) in [7, 11) is 0. The molecular weight excluding hydrogens is 180 g/mol. The Morgan fingerprint density at radius 3 is 2.27 bits per heavy atom. The van der Waals surface area contributed by atoms with Crippen molar-refractivity contribution in [2.75, 3.05) is 0 Å². The van der Waals surface area contributed by atoms with E-state index < -0.39 is 0 Å². The smallest absolute Gasteiger partial charge is 0.0201 e. The van der Waals surface area contributed by atoms with Gasteiger partial charge in [-0.3, -0.25) is 0 Å². The molecule has 2 fully saturated rings. The van der Waals surface area contributed by atoms with Crippen molar-refractivity contribution in [1.82, 2.24) is 0 Å². The van der Waals surface area contributed by atoms with Gasteiger partial charge in [-0.05, 0) is 56.8 Å². The van der Waals surface area contributed by atoms with E-state index in [1.807, 2.05) is 11.1 Å². The first-order chi connectivity index (χ1) is 7.33. The summed E-state index contributed by atoms with van der Waals surface area (Å²) in [4.78, 5) is 0. The van der Waals surface area contributed by atoms with Crippen LogP contribution in [0.4, 0.5) is 0 Å². The van der Waals surface area contributed by atoms with Crippen LogP contribution in [0.1, 0.15) is 71.6 Å². The van der Waals surface area contributed by atoms with Gasteiger partial charge in [0.15, 0.2) is 0 Å². The van der Waals surface area contributed by atoms with Gasteiger partial charge < -0.3 is 0 Å². The van der Waals surface area contributed by atoms with Gasteiger partial charge in [0.05, 0.1) is 0 Å². The molecule has 2 rings (SSSR count). The average molecular weight is 206 g/mol.